The second-order valence-electron chi connectivity index (χ2n) is 7.09. The maximum atomic E-state index is 11.8. The van der Waals surface area contributed by atoms with Crippen LogP contribution in [0.25, 0.3) is 0 Å². The van der Waals surface area contributed by atoms with Gasteiger partial charge < -0.3 is 9.80 Å². The smallest absolute Gasteiger partial charge is 0.282 e. The van der Waals surface area contributed by atoms with Gasteiger partial charge in [0.1, 0.15) is 0 Å². The summed E-state index contributed by atoms with van der Waals surface area (Å²) in [4.78, 5) is 18.7. The predicted molar refractivity (Wildman–Crippen MR) is 116 cm³/mol. The molecule has 1 unspecified atom stereocenters. The molecule has 0 spiro atoms. The van der Waals surface area contributed by atoms with Crippen LogP contribution in [0.5, 0.6) is 0 Å². The van der Waals surface area contributed by atoms with Crippen LogP contribution in [0.4, 0.5) is 10.5 Å². The molecule has 1 fully saturated rings. The molecule has 0 radical (unpaired) electrons. The summed E-state index contributed by atoms with van der Waals surface area (Å²) in [5, 5.41) is -0.192. The summed E-state index contributed by atoms with van der Waals surface area (Å²) in [6.45, 7) is 8.34. The normalized spacial score (nSPS) is 16.8. The fourth-order valence-electron chi connectivity index (χ4n) is 3.71. The molecule has 0 aromatic heterocycles. The van der Waals surface area contributed by atoms with Crippen LogP contribution in [0.3, 0.4) is 0 Å². The van der Waals surface area contributed by atoms with Gasteiger partial charge in [-0.3, -0.25) is 9.69 Å². The number of carbonyl (C=O) groups excluding carboxylic acids is 1. The first kappa shape index (κ1) is 19.9. The van der Waals surface area contributed by atoms with E-state index in [0.29, 0.717) is 12.6 Å². The number of anilines is 1. The van der Waals surface area contributed by atoms with Gasteiger partial charge in [0.2, 0.25) is 0 Å². The zero-order valence-corrected chi connectivity index (χ0v) is 16.9. The number of amides is 1. The molecule has 0 bridgehead atoms. The van der Waals surface area contributed by atoms with Crippen molar-refractivity contribution < 1.29 is 4.79 Å². The van der Waals surface area contributed by atoms with Gasteiger partial charge >= 0.3 is 0 Å². The van der Waals surface area contributed by atoms with Crippen molar-refractivity contribution in [1.29, 1.82) is 0 Å². The molecule has 2 aromatic rings. The zero-order valence-electron chi connectivity index (χ0n) is 16.0. The number of hydrogen-bond acceptors (Lipinski definition) is 3. The van der Waals surface area contributed by atoms with Crippen molar-refractivity contribution in [2.45, 2.75) is 19.4 Å². The van der Waals surface area contributed by atoms with Crippen molar-refractivity contribution in [2.24, 2.45) is 0 Å². The van der Waals surface area contributed by atoms with E-state index in [9.17, 15) is 4.79 Å². The van der Waals surface area contributed by atoms with Crippen LogP contribution in [-0.4, -0.2) is 54.3 Å². The van der Waals surface area contributed by atoms with Gasteiger partial charge in [-0.05, 0) is 37.6 Å². The second-order valence-corrected chi connectivity index (χ2v) is 7.47. The summed E-state index contributed by atoms with van der Waals surface area (Å²) in [6, 6.07) is 21.0. The van der Waals surface area contributed by atoms with Crippen LogP contribution in [-0.2, 0) is 0 Å². The molecule has 0 aliphatic carbocycles. The van der Waals surface area contributed by atoms with Crippen LogP contribution in [0.1, 0.15) is 24.9 Å². The Labute approximate surface area is 168 Å². The predicted octanol–water partition coefficient (Wildman–Crippen LogP) is 4.31. The summed E-state index contributed by atoms with van der Waals surface area (Å²) in [7, 11) is 0. The van der Waals surface area contributed by atoms with Crippen LogP contribution in [0, 0.1) is 0 Å². The number of benzene rings is 2. The Kier molecular flexibility index (Phi) is 7.33. The summed E-state index contributed by atoms with van der Waals surface area (Å²) in [6.07, 6.45) is 0.954. The molecular weight excluding hydrogens is 354 g/mol. The lowest BCUT2D eigenvalue weighted by Gasteiger charge is -2.38. The van der Waals surface area contributed by atoms with Crippen LogP contribution in [0.15, 0.2) is 60.7 Å². The van der Waals surface area contributed by atoms with E-state index in [1.165, 1.54) is 5.56 Å². The first-order chi connectivity index (χ1) is 13.1. The molecule has 27 heavy (non-hydrogen) atoms. The minimum atomic E-state index is -0.192. The molecule has 1 aliphatic heterocycles. The van der Waals surface area contributed by atoms with Crippen molar-refractivity contribution in [3.8, 4) is 0 Å². The highest BCUT2D eigenvalue weighted by molar-refractivity contribution is 7.96. The van der Waals surface area contributed by atoms with Gasteiger partial charge in [0.15, 0.2) is 0 Å². The van der Waals surface area contributed by atoms with Gasteiger partial charge in [0.05, 0.1) is 0 Å². The minimum Gasteiger partial charge on any atom is -0.303 e. The lowest BCUT2D eigenvalue weighted by Crippen LogP contribution is -2.47. The monoisotopic (exact) mass is 383 g/mol. The lowest BCUT2D eigenvalue weighted by atomic mass is 10.1. The number of carbonyl (C=O) groups is 1. The fourth-order valence-corrected chi connectivity index (χ4v) is 3.93. The average Bonchev–Trinajstić information content (AvgIpc) is 2.72. The van der Waals surface area contributed by atoms with Crippen molar-refractivity contribution in [3.63, 3.8) is 0 Å². The molecular formula is C22H29N3OS. The zero-order chi connectivity index (χ0) is 19.1. The standard InChI is InChI=1S/C22H29N3OS/c1-19(20-9-4-2-5-10-20)24-17-15-23(16-18-24)13-8-14-25(22(26)27)21-11-6-3-7-12-21/h2-7,9-12,19H,8,13-18H2,1H3,(H,26,27). The third-order valence-corrected chi connectivity index (χ3v) is 5.63. The highest BCUT2D eigenvalue weighted by atomic mass is 32.1. The molecule has 2 aromatic carbocycles. The summed E-state index contributed by atoms with van der Waals surface area (Å²) in [5.74, 6) is 0. The molecule has 0 saturated carbocycles. The van der Waals surface area contributed by atoms with Gasteiger partial charge in [-0.2, -0.15) is 0 Å². The van der Waals surface area contributed by atoms with E-state index >= 15 is 0 Å². The Morgan fingerprint density at radius 1 is 1.00 bits per heavy atom. The third kappa shape index (κ3) is 5.58. The number of hydrogen-bond donors (Lipinski definition) is 1. The van der Waals surface area contributed by atoms with Gasteiger partial charge in [0, 0.05) is 44.5 Å². The number of piperazine rings is 1. The summed E-state index contributed by atoms with van der Waals surface area (Å²) < 4.78 is 0. The maximum Gasteiger partial charge on any atom is 0.282 e. The van der Waals surface area contributed by atoms with Crippen molar-refractivity contribution in [3.05, 3.63) is 66.2 Å². The van der Waals surface area contributed by atoms with E-state index < -0.39 is 0 Å². The molecule has 1 heterocycles. The van der Waals surface area contributed by atoms with Gasteiger partial charge in [-0.15, -0.1) is 0 Å². The highest BCUT2D eigenvalue weighted by Gasteiger charge is 2.22. The van der Waals surface area contributed by atoms with Crippen LogP contribution >= 0.6 is 12.6 Å². The number of thiol groups is 1. The Bertz CT molecular complexity index is 702. The van der Waals surface area contributed by atoms with E-state index in [-0.39, 0.29) is 5.24 Å². The Balaban J connectivity index is 1.43. The van der Waals surface area contributed by atoms with Gasteiger partial charge in [-0.25, -0.2) is 0 Å². The number of nitrogens with zero attached hydrogens (tertiary/aromatic N) is 3. The molecule has 1 amide bonds. The first-order valence-corrected chi connectivity index (χ1v) is 10.2. The highest BCUT2D eigenvalue weighted by Crippen LogP contribution is 2.21. The SMILES string of the molecule is CC(c1ccccc1)N1CCN(CCCN(C(=O)S)c2ccccc2)CC1. The van der Waals surface area contributed by atoms with Crippen molar-refractivity contribution >= 4 is 23.6 Å². The molecule has 5 heteroatoms. The summed E-state index contributed by atoms with van der Waals surface area (Å²) in [5.41, 5.74) is 2.30. The van der Waals surface area contributed by atoms with Crippen molar-refractivity contribution in [2.75, 3.05) is 44.2 Å². The molecule has 1 saturated heterocycles. The minimum absolute atomic E-state index is 0.192. The molecule has 3 rings (SSSR count). The van der Waals surface area contributed by atoms with Crippen molar-refractivity contribution in [1.82, 2.24) is 9.80 Å². The Hall–Kier alpha value is -1.82. The largest absolute Gasteiger partial charge is 0.303 e. The first-order valence-electron chi connectivity index (χ1n) is 9.72. The Morgan fingerprint density at radius 2 is 1.59 bits per heavy atom. The number of rotatable bonds is 7. The lowest BCUT2D eigenvalue weighted by molar-refractivity contribution is 0.102. The third-order valence-electron chi connectivity index (χ3n) is 5.39. The van der Waals surface area contributed by atoms with E-state index in [2.05, 4.69) is 59.7 Å². The molecule has 0 N–H and O–H groups in total. The quantitative estimate of drug-likeness (QED) is 0.722. The molecule has 4 nitrogen and oxygen atoms in total. The Morgan fingerprint density at radius 3 is 2.19 bits per heavy atom. The van der Waals surface area contributed by atoms with E-state index in [0.717, 1.165) is 44.8 Å². The second kappa shape index (κ2) is 9.93. The van der Waals surface area contributed by atoms with E-state index in [4.69, 9.17) is 0 Å². The molecule has 1 aliphatic rings. The topological polar surface area (TPSA) is 26.8 Å². The van der Waals surface area contributed by atoms with Crippen LogP contribution in [0.2, 0.25) is 0 Å². The number of para-hydroxylation sites is 1. The van der Waals surface area contributed by atoms with Gasteiger partial charge in [-0.1, -0.05) is 61.2 Å². The molecule has 144 valence electrons. The van der Waals surface area contributed by atoms with E-state index in [1.807, 2.05) is 30.3 Å². The molecule has 1 atom stereocenters. The average molecular weight is 384 g/mol. The maximum absolute atomic E-state index is 11.8. The van der Waals surface area contributed by atoms with Gasteiger partial charge in [0.25, 0.3) is 5.24 Å². The summed E-state index contributed by atoms with van der Waals surface area (Å²) >= 11 is 4.04. The van der Waals surface area contributed by atoms with Crippen LogP contribution < -0.4 is 4.90 Å². The van der Waals surface area contributed by atoms with E-state index in [1.54, 1.807) is 4.90 Å². The fraction of sp³-hybridized carbons (Fsp3) is 0.409.